The highest BCUT2D eigenvalue weighted by Crippen LogP contribution is 2.27. The molecular weight excluding hydrogens is 423 g/mol. The monoisotopic (exact) mass is 453 g/mol. The molecule has 3 rings (SSSR count). The van der Waals surface area contributed by atoms with Crippen LogP contribution in [0.15, 0.2) is 30.3 Å². The highest BCUT2D eigenvalue weighted by atomic mass is 19.4. The molecule has 7 nitrogen and oxygen atoms in total. The predicted octanol–water partition coefficient (Wildman–Crippen LogP) is 2.78. The van der Waals surface area contributed by atoms with Crippen LogP contribution >= 0.6 is 0 Å². The second-order valence-electron chi connectivity index (χ2n) is 7.93. The number of para-hydroxylation sites is 1. The Morgan fingerprint density at radius 1 is 1.25 bits per heavy atom. The van der Waals surface area contributed by atoms with Crippen LogP contribution in [-0.2, 0) is 13.0 Å². The standard InChI is InChI=1S/C22H30F3N5O2/c1-26-9-12-29-10-7-18(8-11-29)30-19(13-17(28-30)14-22(23,24)25)21(31)27-15-16-5-3-4-6-20(16)32-2/h3-6,13,18,26H,7-12,14-15H2,1-2H3,(H,27,31). The maximum absolute atomic E-state index is 13.0. The number of methoxy groups -OCH3 is 1. The molecule has 1 saturated heterocycles. The van der Waals surface area contributed by atoms with Gasteiger partial charge in [0.2, 0.25) is 0 Å². The lowest BCUT2D eigenvalue weighted by molar-refractivity contribution is -0.127. The van der Waals surface area contributed by atoms with Crippen molar-refractivity contribution in [3.05, 3.63) is 47.3 Å². The molecule has 0 aliphatic carbocycles. The van der Waals surface area contributed by atoms with E-state index in [2.05, 4.69) is 20.6 Å². The Balaban J connectivity index is 1.75. The van der Waals surface area contributed by atoms with E-state index in [0.29, 0.717) is 5.75 Å². The fourth-order valence-electron chi connectivity index (χ4n) is 3.96. The molecule has 1 amide bonds. The molecule has 1 aromatic carbocycles. The third kappa shape index (κ3) is 6.46. The number of ether oxygens (including phenoxy) is 1. The minimum Gasteiger partial charge on any atom is -0.496 e. The number of hydrogen-bond acceptors (Lipinski definition) is 5. The first-order valence-corrected chi connectivity index (χ1v) is 10.7. The van der Waals surface area contributed by atoms with E-state index in [1.165, 1.54) is 10.7 Å². The van der Waals surface area contributed by atoms with Crippen LogP contribution in [0.25, 0.3) is 0 Å². The van der Waals surface area contributed by atoms with Gasteiger partial charge in [-0.2, -0.15) is 18.3 Å². The van der Waals surface area contributed by atoms with Gasteiger partial charge >= 0.3 is 6.18 Å². The molecule has 32 heavy (non-hydrogen) atoms. The molecule has 0 atom stereocenters. The van der Waals surface area contributed by atoms with Crippen LogP contribution in [0.1, 0.15) is 40.6 Å². The predicted molar refractivity (Wildman–Crippen MR) is 115 cm³/mol. The van der Waals surface area contributed by atoms with E-state index in [9.17, 15) is 18.0 Å². The zero-order chi connectivity index (χ0) is 23.1. The largest absolute Gasteiger partial charge is 0.496 e. The molecule has 0 spiro atoms. The fourth-order valence-corrected chi connectivity index (χ4v) is 3.96. The molecule has 0 saturated carbocycles. The number of aromatic nitrogens is 2. The molecule has 0 bridgehead atoms. The molecule has 1 fully saturated rings. The van der Waals surface area contributed by atoms with Gasteiger partial charge in [-0.1, -0.05) is 18.2 Å². The summed E-state index contributed by atoms with van der Waals surface area (Å²) in [5.41, 5.74) is 0.799. The maximum Gasteiger partial charge on any atom is 0.394 e. The third-order valence-electron chi connectivity index (χ3n) is 5.61. The molecule has 0 radical (unpaired) electrons. The second kappa shape index (κ2) is 10.8. The van der Waals surface area contributed by atoms with Gasteiger partial charge in [0, 0.05) is 38.3 Å². The summed E-state index contributed by atoms with van der Waals surface area (Å²) in [7, 11) is 3.44. The van der Waals surface area contributed by atoms with Gasteiger partial charge in [-0.05, 0) is 32.0 Å². The quantitative estimate of drug-likeness (QED) is 0.611. The number of hydrogen-bond donors (Lipinski definition) is 2. The van der Waals surface area contributed by atoms with Crippen LogP contribution < -0.4 is 15.4 Å². The van der Waals surface area contributed by atoms with Gasteiger partial charge in [0.15, 0.2) is 0 Å². The highest BCUT2D eigenvalue weighted by molar-refractivity contribution is 5.92. The summed E-state index contributed by atoms with van der Waals surface area (Å²) in [6, 6.07) is 8.41. The average molecular weight is 454 g/mol. The Labute approximate surface area is 185 Å². The van der Waals surface area contributed by atoms with Crippen LogP contribution in [0.4, 0.5) is 13.2 Å². The SMILES string of the molecule is CNCCN1CCC(n2nc(CC(F)(F)F)cc2C(=O)NCc2ccccc2OC)CC1. The number of likely N-dealkylation sites (tertiary alicyclic amines) is 1. The number of alkyl halides is 3. The normalized spacial score (nSPS) is 15.7. The zero-order valence-corrected chi connectivity index (χ0v) is 18.4. The fraction of sp³-hybridized carbons (Fsp3) is 0.545. The van der Waals surface area contributed by atoms with Gasteiger partial charge in [-0.25, -0.2) is 0 Å². The van der Waals surface area contributed by atoms with Crippen LogP contribution in [0.3, 0.4) is 0 Å². The van der Waals surface area contributed by atoms with Crippen molar-refractivity contribution < 1.29 is 22.7 Å². The van der Waals surface area contributed by atoms with E-state index in [1.54, 1.807) is 13.2 Å². The maximum atomic E-state index is 13.0. The number of piperidine rings is 1. The molecule has 1 aliphatic rings. The number of benzene rings is 1. The van der Waals surface area contributed by atoms with Gasteiger partial charge < -0.3 is 20.3 Å². The number of rotatable bonds is 9. The van der Waals surface area contributed by atoms with E-state index in [0.717, 1.165) is 44.6 Å². The van der Waals surface area contributed by atoms with Crippen molar-refractivity contribution in [2.45, 2.75) is 38.0 Å². The highest BCUT2D eigenvalue weighted by Gasteiger charge is 2.32. The molecule has 2 N–H and O–H groups in total. The van der Waals surface area contributed by atoms with Gasteiger partial charge in [0.05, 0.1) is 25.3 Å². The van der Waals surface area contributed by atoms with Gasteiger partial charge in [-0.15, -0.1) is 0 Å². The second-order valence-corrected chi connectivity index (χ2v) is 7.93. The summed E-state index contributed by atoms with van der Waals surface area (Å²) < 4.78 is 45.7. The Morgan fingerprint density at radius 2 is 1.97 bits per heavy atom. The van der Waals surface area contributed by atoms with Gasteiger partial charge in [0.1, 0.15) is 11.4 Å². The van der Waals surface area contributed by atoms with Crippen LogP contribution in [0.2, 0.25) is 0 Å². The van der Waals surface area contributed by atoms with Crippen molar-refractivity contribution >= 4 is 5.91 Å². The summed E-state index contributed by atoms with van der Waals surface area (Å²) in [6.07, 6.45) is -4.10. The van der Waals surface area contributed by atoms with E-state index in [-0.39, 0.29) is 24.0 Å². The van der Waals surface area contributed by atoms with E-state index in [1.807, 2.05) is 25.2 Å². The lowest BCUT2D eigenvalue weighted by atomic mass is 10.0. The summed E-state index contributed by atoms with van der Waals surface area (Å²) in [5, 5.41) is 10.1. The third-order valence-corrected chi connectivity index (χ3v) is 5.61. The average Bonchev–Trinajstić information content (AvgIpc) is 3.18. The molecular formula is C22H30F3N5O2. The van der Waals surface area contributed by atoms with E-state index >= 15 is 0 Å². The number of carbonyl (C=O) groups is 1. The van der Waals surface area contributed by atoms with Crippen molar-refractivity contribution in [2.24, 2.45) is 0 Å². The van der Waals surface area contributed by atoms with Crippen LogP contribution in [-0.4, -0.2) is 67.1 Å². The molecule has 2 aromatic rings. The lowest BCUT2D eigenvalue weighted by Gasteiger charge is -2.32. The van der Waals surface area contributed by atoms with E-state index in [4.69, 9.17) is 4.74 Å². The number of likely N-dealkylation sites (N-methyl/N-ethyl adjacent to an activating group) is 1. The molecule has 176 valence electrons. The van der Waals surface area contributed by atoms with Crippen molar-refractivity contribution in [1.82, 2.24) is 25.3 Å². The number of amides is 1. The topological polar surface area (TPSA) is 71.4 Å². The summed E-state index contributed by atoms with van der Waals surface area (Å²) in [5.74, 6) is 0.183. The molecule has 1 aliphatic heterocycles. The minimum atomic E-state index is -4.39. The number of nitrogens with zero attached hydrogens (tertiary/aromatic N) is 3. The summed E-state index contributed by atoms with van der Waals surface area (Å²) in [4.78, 5) is 15.3. The summed E-state index contributed by atoms with van der Waals surface area (Å²) >= 11 is 0. The zero-order valence-electron chi connectivity index (χ0n) is 18.4. The van der Waals surface area contributed by atoms with Crippen molar-refractivity contribution in [2.75, 3.05) is 40.3 Å². The first kappa shape index (κ1) is 24.1. The number of halogens is 3. The molecule has 10 heteroatoms. The lowest BCUT2D eigenvalue weighted by Crippen LogP contribution is -2.39. The van der Waals surface area contributed by atoms with E-state index < -0.39 is 18.5 Å². The van der Waals surface area contributed by atoms with Crippen LogP contribution in [0, 0.1) is 0 Å². The Bertz CT molecular complexity index is 892. The molecule has 0 unspecified atom stereocenters. The number of carbonyl (C=O) groups excluding carboxylic acids is 1. The van der Waals surface area contributed by atoms with Gasteiger partial charge in [0.25, 0.3) is 5.91 Å². The summed E-state index contributed by atoms with van der Waals surface area (Å²) in [6.45, 7) is 3.60. The smallest absolute Gasteiger partial charge is 0.394 e. The van der Waals surface area contributed by atoms with Gasteiger partial charge in [-0.3, -0.25) is 9.48 Å². The Hall–Kier alpha value is -2.59. The van der Waals surface area contributed by atoms with Crippen molar-refractivity contribution in [3.63, 3.8) is 0 Å². The van der Waals surface area contributed by atoms with Crippen molar-refractivity contribution in [1.29, 1.82) is 0 Å². The first-order chi connectivity index (χ1) is 15.3. The number of nitrogens with one attached hydrogen (secondary N) is 2. The first-order valence-electron chi connectivity index (χ1n) is 10.7. The molecule has 2 heterocycles. The van der Waals surface area contributed by atoms with Crippen LogP contribution in [0.5, 0.6) is 5.75 Å². The Kier molecular flexibility index (Phi) is 8.14. The molecule has 1 aromatic heterocycles. The van der Waals surface area contributed by atoms with Crippen molar-refractivity contribution in [3.8, 4) is 5.75 Å². The Morgan fingerprint density at radius 3 is 2.62 bits per heavy atom. The minimum absolute atomic E-state index is 0.116.